The first-order chi connectivity index (χ1) is 11.2. The Kier molecular flexibility index (Phi) is 4.67. The molecule has 2 aromatic carbocycles. The summed E-state index contributed by atoms with van der Waals surface area (Å²) in [5.41, 5.74) is 1.74. The van der Waals surface area contributed by atoms with Gasteiger partial charge in [-0.25, -0.2) is 0 Å². The van der Waals surface area contributed by atoms with Crippen molar-refractivity contribution in [3.05, 3.63) is 64.3 Å². The quantitative estimate of drug-likeness (QED) is 0.729. The van der Waals surface area contributed by atoms with Crippen molar-refractivity contribution in [1.29, 1.82) is 0 Å². The Morgan fingerprint density at radius 2 is 2.04 bits per heavy atom. The van der Waals surface area contributed by atoms with Gasteiger partial charge in [0, 0.05) is 11.9 Å². The molecule has 5 heteroatoms. The molecule has 1 N–H and O–H groups in total. The number of carbonyl (C=O) groups is 1. The highest BCUT2D eigenvalue weighted by Gasteiger charge is 2.13. The summed E-state index contributed by atoms with van der Waals surface area (Å²) in [6, 6.07) is 15.2. The molecule has 0 atom stereocenters. The summed E-state index contributed by atoms with van der Waals surface area (Å²) < 4.78 is 11.8. The molecule has 0 radical (unpaired) electrons. The van der Waals surface area contributed by atoms with Crippen LogP contribution in [0.1, 0.15) is 16.1 Å². The zero-order chi connectivity index (χ0) is 16.2. The Bertz CT molecular complexity index is 841. The number of carbonyl (C=O) groups excluding carboxylic acids is 1. The van der Waals surface area contributed by atoms with E-state index >= 15 is 0 Å². The van der Waals surface area contributed by atoms with E-state index in [9.17, 15) is 4.79 Å². The number of ether oxygens (including phenoxy) is 1. The molecule has 23 heavy (non-hydrogen) atoms. The number of hydrogen-bond donors (Lipinski definition) is 1. The first-order valence-electron chi connectivity index (χ1n) is 7.27. The van der Waals surface area contributed by atoms with E-state index in [-0.39, 0.29) is 5.91 Å². The van der Waals surface area contributed by atoms with Crippen LogP contribution in [0.3, 0.4) is 0 Å². The Labute approximate surface area is 142 Å². The molecule has 0 saturated heterocycles. The molecule has 1 aromatic heterocycles. The van der Waals surface area contributed by atoms with Crippen LogP contribution >= 0.6 is 15.9 Å². The van der Waals surface area contributed by atoms with Crippen LogP contribution in [0.2, 0.25) is 0 Å². The summed E-state index contributed by atoms with van der Waals surface area (Å²) in [6.07, 6.45) is 0.694. The Morgan fingerprint density at radius 3 is 2.83 bits per heavy atom. The van der Waals surface area contributed by atoms with E-state index in [1.165, 1.54) is 0 Å². The van der Waals surface area contributed by atoms with Crippen LogP contribution < -0.4 is 10.1 Å². The number of methoxy groups -OCH3 is 1. The average molecular weight is 374 g/mol. The SMILES string of the molecule is COc1ccccc1CCNC(=O)c1cc2cccc(Br)c2o1. The van der Waals surface area contributed by atoms with Crippen LogP contribution in [0.5, 0.6) is 5.75 Å². The number of rotatable bonds is 5. The number of halogens is 1. The highest BCUT2D eigenvalue weighted by Crippen LogP contribution is 2.26. The Balaban J connectivity index is 1.66. The largest absolute Gasteiger partial charge is 0.496 e. The lowest BCUT2D eigenvalue weighted by Gasteiger charge is -2.08. The molecule has 3 rings (SSSR count). The summed E-state index contributed by atoms with van der Waals surface area (Å²) >= 11 is 3.42. The molecule has 1 heterocycles. The van der Waals surface area contributed by atoms with Crippen molar-refractivity contribution >= 4 is 32.8 Å². The molecule has 118 valence electrons. The summed E-state index contributed by atoms with van der Waals surface area (Å²) in [6.45, 7) is 0.511. The second-order valence-corrected chi connectivity index (χ2v) is 5.94. The number of amides is 1. The molecular formula is C18H16BrNO3. The van der Waals surface area contributed by atoms with Gasteiger partial charge in [-0.15, -0.1) is 0 Å². The van der Waals surface area contributed by atoms with E-state index in [1.54, 1.807) is 13.2 Å². The van der Waals surface area contributed by atoms with Crippen LogP contribution in [0.4, 0.5) is 0 Å². The lowest BCUT2D eigenvalue weighted by Crippen LogP contribution is -2.25. The van der Waals surface area contributed by atoms with Gasteiger partial charge >= 0.3 is 0 Å². The molecular weight excluding hydrogens is 358 g/mol. The minimum atomic E-state index is -0.219. The first kappa shape index (κ1) is 15.6. The van der Waals surface area contributed by atoms with Crippen molar-refractivity contribution in [2.45, 2.75) is 6.42 Å². The predicted molar refractivity (Wildman–Crippen MR) is 92.9 cm³/mol. The van der Waals surface area contributed by atoms with Gasteiger partial charge in [-0.05, 0) is 46.1 Å². The fourth-order valence-electron chi connectivity index (χ4n) is 2.45. The first-order valence-corrected chi connectivity index (χ1v) is 8.06. The molecule has 0 unspecified atom stereocenters. The second-order valence-electron chi connectivity index (χ2n) is 5.09. The number of para-hydroxylation sites is 2. The van der Waals surface area contributed by atoms with E-state index < -0.39 is 0 Å². The standard InChI is InChI=1S/C18H16BrNO3/c1-22-15-8-3-2-5-12(15)9-10-20-18(21)16-11-13-6-4-7-14(19)17(13)23-16/h2-8,11H,9-10H2,1H3,(H,20,21). The van der Waals surface area contributed by atoms with Crippen LogP contribution in [0.15, 0.2) is 57.4 Å². The van der Waals surface area contributed by atoms with Crippen molar-refractivity contribution in [3.63, 3.8) is 0 Å². The molecule has 1 amide bonds. The van der Waals surface area contributed by atoms with Crippen LogP contribution in [-0.4, -0.2) is 19.6 Å². The van der Waals surface area contributed by atoms with Gasteiger partial charge in [0.2, 0.25) is 0 Å². The van der Waals surface area contributed by atoms with Crippen LogP contribution in [-0.2, 0) is 6.42 Å². The predicted octanol–water partition coefficient (Wildman–Crippen LogP) is 4.18. The molecule has 3 aromatic rings. The van der Waals surface area contributed by atoms with Crippen molar-refractivity contribution in [1.82, 2.24) is 5.32 Å². The third-order valence-electron chi connectivity index (χ3n) is 3.59. The monoisotopic (exact) mass is 373 g/mol. The lowest BCUT2D eigenvalue weighted by atomic mass is 10.1. The second kappa shape index (κ2) is 6.87. The molecule has 0 aliphatic carbocycles. The lowest BCUT2D eigenvalue weighted by molar-refractivity contribution is 0.0928. The van der Waals surface area contributed by atoms with Gasteiger partial charge < -0.3 is 14.5 Å². The maximum Gasteiger partial charge on any atom is 0.287 e. The fraction of sp³-hybridized carbons (Fsp3) is 0.167. The smallest absolute Gasteiger partial charge is 0.287 e. The maximum atomic E-state index is 12.2. The minimum Gasteiger partial charge on any atom is -0.496 e. The van der Waals surface area contributed by atoms with Gasteiger partial charge in [0.15, 0.2) is 5.76 Å². The topological polar surface area (TPSA) is 51.5 Å². The van der Waals surface area contributed by atoms with E-state index in [1.807, 2.05) is 42.5 Å². The summed E-state index contributed by atoms with van der Waals surface area (Å²) in [5, 5.41) is 3.77. The maximum absolute atomic E-state index is 12.2. The fourth-order valence-corrected chi connectivity index (χ4v) is 2.91. The number of furan rings is 1. The Morgan fingerprint density at radius 1 is 1.22 bits per heavy atom. The van der Waals surface area contributed by atoms with Gasteiger partial charge in [0.1, 0.15) is 11.3 Å². The molecule has 0 fully saturated rings. The van der Waals surface area contributed by atoms with Gasteiger partial charge in [-0.1, -0.05) is 30.3 Å². The zero-order valence-corrected chi connectivity index (χ0v) is 14.2. The zero-order valence-electron chi connectivity index (χ0n) is 12.6. The van der Waals surface area contributed by atoms with E-state index in [4.69, 9.17) is 9.15 Å². The normalized spacial score (nSPS) is 10.7. The van der Waals surface area contributed by atoms with E-state index in [0.717, 1.165) is 21.2 Å². The molecule has 0 saturated carbocycles. The van der Waals surface area contributed by atoms with Crippen molar-refractivity contribution in [2.75, 3.05) is 13.7 Å². The third kappa shape index (κ3) is 3.40. The summed E-state index contributed by atoms with van der Waals surface area (Å²) in [7, 11) is 1.64. The molecule has 0 spiro atoms. The van der Waals surface area contributed by atoms with Crippen LogP contribution in [0.25, 0.3) is 11.0 Å². The van der Waals surface area contributed by atoms with Gasteiger partial charge in [0.25, 0.3) is 5.91 Å². The Hall–Kier alpha value is -2.27. The van der Waals surface area contributed by atoms with Crippen molar-refractivity contribution < 1.29 is 13.9 Å². The van der Waals surface area contributed by atoms with Crippen molar-refractivity contribution in [2.24, 2.45) is 0 Å². The number of hydrogen-bond acceptors (Lipinski definition) is 3. The van der Waals surface area contributed by atoms with Gasteiger partial charge in [-0.3, -0.25) is 4.79 Å². The van der Waals surface area contributed by atoms with Crippen LogP contribution in [0, 0.1) is 0 Å². The van der Waals surface area contributed by atoms with Gasteiger partial charge in [0.05, 0.1) is 11.6 Å². The third-order valence-corrected chi connectivity index (χ3v) is 4.22. The summed E-state index contributed by atoms with van der Waals surface area (Å²) in [5.74, 6) is 0.921. The highest BCUT2D eigenvalue weighted by molar-refractivity contribution is 9.10. The average Bonchev–Trinajstić information content (AvgIpc) is 3.01. The molecule has 0 aliphatic rings. The number of benzene rings is 2. The minimum absolute atomic E-state index is 0.219. The molecule has 4 nitrogen and oxygen atoms in total. The van der Waals surface area contributed by atoms with E-state index in [2.05, 4.69) is 21.2 Å². The van der Waals surface area contributed by atoms with Crippen molar-refractivity contribution in [3.8, 4) is 5.75 Å². The van der Waals surface area contributed by atoms with E-state index in [0.29, 0.717) is 24.3 Å². The number of fused-ring (bicyclic) bond motifs is 1. The molecule has 0 aliphatic heterocycles. The summed E-state index contributed by atoms with van der Waals surface area (Å²) in [4.78, 5) is 12.2. The highest BCUT2D eigenvalue weighted by atomic mass is 79.9. The van der Waals surface area contributed by atoms with Gasteiger partial charge in [-0.2, -0.15) is 0 Å². The molecule has 0 bridgehead atoms. The number of nitrogens with one attached hydrogen (secondary N) is 1.